The van der Waals surface area contributed by atoms with Crippen molar-refractivity contribution in [1.82, 2.24) is 5.43 Å². The molecule has 0 fully saturated rings. The van der Waals surface area contributed by atoms with E-state index in [1.807, 2.05) is 27.7 Å². The van der Waals surface area contributed by atoms with Gasteiger partial charge in [0.2, 0.25) is 0 Å². The van der Waals surface area contributed by atoms with E-state index in [1.165, 1.54) is 11.3 Å². The van der Waals surface area contributed by atoms with Gasteiger partial charge in [-0.2, -0.15) is 5.10 Å². The number of fused-ring (bicyclic) bond motifs is 1. The van der Waals surface area contributed by atoms with Crippen molar-refractivity contribution in [3.63, 3.8) is 0 Å². The van der Waals surface area contributed by atoms with Crippen LogP contribution in [-0.4, -0.2) is 24.1 Å². The van der Waals surface area contributed by atoms with Crippen LogP contribution in [0.25, 0.3) is 0 Å². The Morgan fingerprint density at radius 1 is 1.36 bits per heavy atom. The van der Waals surface area contributed by atoms with Gasteiger partial charge >= 0.3 is 0 Å². The fourth-order valence-corrected chi connectivity index (χ4v) is 4.43. The lowest BCUT2D eigenvalue weighted by atomic mass is 9.86. The molecule has 0 atom stereocenters. The molecule has 25 heavy (non-hydrogen) atoms. The largest absolute Gasteiger partial charge is 0.365 e. The van der Waals surface area contributed by atoms with Crippen molar-refractivity contribution in [2.45, 2.75) is 52.2 Å². The summed E-state index contributed by atoms with van der Waals surface area (Å²) in [4.78, 5) is 25.4. The monoisotopic (exact) mass is 364 g/mol. The minimum Gasteiger partial charge on any atom is -0.365 e. The Kier molecular flexibility index (Phi) is 5.06. The SMILES string of the molecule is C=NN/C(=C\C)C(=O)Nc1sc2c(c1C(N)=O)CC(C)(C)OC2(C)C. The Balaban J connectivity index is 2.51. The molecule has 0 bridgehead atoms. The number of rotatable bonds is 5. The molecule has 2 amide bonds. The first-order valence-electron chi connectivity index (χ1n) is 7.88. The van der Waals surface area contributed by atoms with Crippen LogP contribution in [0.15, 0.2) is 16.9 Å². The zero-order valence-electron chi connectivity index (χ0n) is 15.1. The Labute approximate surface area is 151 Å². The molecule has 7 nitrogen and oxygen atoms in total. The number of nitrogens with one attached hydrogen (secondary N) is 2. The molecule has 1 aromatic heterocycles. The second-order valence-corrected chi connectivity index (χ2v) is 7.97. The van der Waals surface area contributed by atoms with Gasteiger partial charge in [-0.05, 0) is 40.2 Å². The number of nitrogens with zero attached hydrogens (tertiary/aromatic N) is 1. The Bertz CT molecular complexity index is 762. The molecule has 0 unspecified atom stereocenters. The second-order valence-electron chi connectivity index (χ2n) is 6.95. The highest BCUT2D eigenvalue weighted by Gasteiger charge is 2.42. The van der Waals surface area contributed by atoms with Gasteiger partial charge in [0.05, 0.1) is 16.8 Å². The average Bonchev–Trinajstić information content (AvgIpc) is 2.81. The molecule has 0 saturated carbocycles. The molecule has 0 aromatic carbocycles. The number of anilines is 1. The molecule has 0 aliphatic carbocycles. The highest BCUT2D eigenvalue weighted by Crippen LogP contribution is 2.48. The van der Waals surface area contributed by atoms with E-state index >= 15 is 0 Å². The maximum Gasteiger partial charge on any atom is 0.273 e. The fourth-order valence-electron chi connectivity index (χ4n) is 3.17. The van der Waals surface area contributed by atoms with E-state index in [0.717, 1.165) is 10.4 Å². The van der Waals surface area contributed by atoms with E-state index in [4.69, 9.17) is 10.5 Å². The Morgan fingerprint density at radius 3 is 2.52 bits per heavy atom. The number of ether oxygens (including phenoxy) is 1. The van der Waals surface area contributed by atoms with Crippen LogP contribution >= 0.6 is 11.3 Å². The minimum atomic E-state index is -0.584. The number of hydrogen-bond acceptors (Lipinski definition) is 6. The molecule has 2 rings (SSSR count). The van der Waals surface area contributed by atoms with Gasteiger partial charge in [-0.3, -0.25) is 15.0 Å². The number of hydrazone groups is 1. The third kappa shape index (κ3) is 3.74. The van der Waals surface area contributed by atoms with E-state index < -0.39 is 23.0 Å². The summed E-state index contributed by atoms with van der Waals surface area (Å²) < 4.78 is 6.15. The Morgan fingerprint density at radius 2 is 2.00 bits per heavy atom. The van der Waals surface area contributed by atoms with Gasteiger partial charge in [-0.1, -0.05) is 6.08 Å². The number of thiophene rings is 1. The van der Waals surface area contributed by atoms with Crippen LogP contribution in [0.5, 0.6) is 0 Å². The summed E-state index contributed by atoms with van der Waals surface area (Å²) in [6.45, 7) is 12.8. The number of carbonyl (C=O) groups is 2. The predicted molar refractivity (Wildman–Crippen MR) is 99.8 cm³/mol. The van der Waals surface area contributed by atoms with E-state index in [2.05, 4.69) is 22.6 Å². The van der Waals surface area contributed by atoms with Crippen LogP contribution < -0.4 is 16.5 Å². The first-order chi connectivity index (χ1) is 11.5. The van der Waals surface area contributed by atoms with E-state index in [-0.39, 0.29) is 5.70 Å². The summed E-state index contributed by atoms with van der Waals surface area (Å²) in [5.74, 6) is -0.993. The van der Waals surface area contributed by atoms with Gasteiger partial charge in [0.15, 0.2) is 0 Å². The van der Waals surface area contributed by atoms with Crippen molar-refractivity contribution in [1.29, 1.82) is 0 Å². The third-order valence-electron chi connectivity index (χ3n) is 3.89. The lowest BCUT2D eigenvalue weighted by Crippen LogP contribution is -2.42. The van der Waals surface area contributed by atoms with Gasteiger partial charge in [0, 0.05) is 18.0 Å². The standard InChI is InChI=1S/C17H24N4O3S/c1-7-10(21-19-6)14(23)20-15-11(13(18)22)9-8-16(2,3)24-17(4,5)12(9)25-15/h7,21H,6,8H2,1-5H3,(H2,18,22)(H,20,23)/b10-7-. The van der Waals surface area contributed by atoms with E-state index in [0.29, 0.717) is 17.0 Å². The van der Waals surface area contributed by atoms with Crippen molar-refractivity contribution >= 4 is 34.9 Å². The second kappa shape index (κ2) is 6.61. The first kappa shape index (κ1) is 19.1. The summed E-state index contributed by atoms with van der Waals surface area (Å²) in [6, 6.07) is 0. The molecule has 1 aliphatic rings. The molecule has 4 N–H and O–H groups in total. The summed E-state index contributed by atoms with van der Waals surface area (Å²) in [6.07, 6.45) is 2.11. The average molecular weight is 364 g/mol. The van der Waals surface area contributed by atoms with Crippen molar-refractivity contribution < 1.29 is 14.3 Å². The number of hydrogen-bond donors (Lipinski definition) is 3. The number of primary amides is 1. The number of nitrogens with two attached hydrogens (primary N) is 1. The highest BCUT2D eigenvalue weighted by molar-refractivity contribution is 7.17. The molecular weight excluding hydrogens is 340 g/mol. The van der Waals surface area contributed by atoms with Crippen molar-refractivity contribution in [3.05, 3.63) is 27.8 Å². The normalized spacial score (nSPS) is 18.2. The van der Waals surface area contributed by atoms with Gasteiger partial charge in [-0.25, -0.2) is 0 Å². The molecule has 2 heterocycles. The molecule has 1 aliphatic heterocycles. The molecule has 136 valence electrons. The highest BCUT2D eigenvalue weighted by atomic mass is 32.1. The topological polar surface area (TPSA) is 106 Å². The summed E-state index contributed by atoms with van der Waals surface area (Å²) in [5.41, 5.74) is 8.53. The van der Waals surface area contributed by atoms with Crippen LogP contribution in [-0.2, 0) is 21.6 Å². The summed E-state index contributed by atoms with van der Waals surface area (Å²) >= 11 is 1.31. The number of carbonyl (C=O) groups excluding carboxylic acids is 2. The summed E-state index contributed by atoms with van der Waals surface area (Å²) in [7, 11) is 0. The van der Waals surface area contributed by atoms with Crippen LogP contribution in [0.3, 0.4) is 0 Å². The summed E-state index contributed by atoms with van der Waals surface area (Å²) in [5, 5.41) is 6.67. The molecule has 8 heteroatoms. The number of amides is 2. The first-order valence-corrected chi connectivity index (χ1v) is 8.69. The van der Waals surface area contributed by atoms with E-state index in [9.17, 15) is 9.59 Å². The predicted octanol–water partition coefficient (Wildman–Crippen LogP) is 2.48. The van der Waals surface area contributed by atoms with Crippen molar-refractivity contribution in [2.75, 3.05) is 5.32 Å². The van der Waals surface area contributed by atoms with Crippen molar-refractivity contribution in [3.8, 4) is 0 Å². The zero-order valence-corrected chi connectivity index (χ0v) is 16.0. The van der Waals surface area contributed by atoms with Crippen LogP contribution in [0, 0.1) is 0 Å². The number of allylic oxidation sites excluding steroid dienone is 1. The van der Waals surface area contributed by atoms with Crippen LogP contribution in [0.1, 0.15) is 55.4 Å². The Hall–Kier alpha value is -2.19. The zero-order chi connectivity index (χ0) is 19.0. The smallest absolute Gasteiger partial charge is 0.273 e. The van der Waals surface area contributed by atoms with Gasteiger partial charge in [0.1, 0.15) is 10.7 Å². The lowest BCUT2D eigenvalue weighted by Gasteiger charge is -2.41. The minimum absolute atomic E-state index is 0.229. The van der Waals surface area contributed by atoms with Crippen LogP contribution in [0.4, 0.5) is 5.00 Å². The van der Waals surface area contributed by atoms with E-state index in [1.54, 1.807) is 13.0 Å². The molecule has 1 aromatic rings. The van der Waals surface area contributed by atoms with Gasteiger partial charge < -0.3 is 15.8 Å². The lowest BCUT2D eigenvalue weighted by molar-refractivity contribution is -0.135. The third-order valence-corrected chi connectivity index (χ3v) is 5.35. The maximum absolute atomic E-state index is 12.4. The quantitative estimate of drug-likeness (QED) is 0.424. The van der Waals surface area contributed by atoms with Crippen molar-refractivity contribution in [2.24, 2.45) is 10.8 Å². The molecule has 0 spiro atoms. The molecule has 0 radical (unpaired) electrons. The van der Waals surface area contributed by atoms with Gasteiger partial charge in [0.25, 0.3) is 11.8 Å². The van der Waals surface area contributed by atoms with Crippen LogP contribution in [0.2, 0.25) is 0 Å². The fraction of sp³-hybridized carbons (Fsp3) is 0.471. The molecule has 0 saturated heterocycles. The maximum atomic E-state index is 12.4. The van der Waals surface area contributed by atoms with Gasteiger partial charge in [-0.15, -0.1) is 11.3 Å². The molecular formula is C17H24N4O3S.